The molecule has 0 heteroatoms. The van der Waals surface area contributed by atoms with Gasteiger partial charge in [-0.25, -0.2) is 0 Å². The molecule has 0 radical (unpaired) electrons. The Labute approximate surface area is 64.0 Å². The van der Waals surface area contributed by atoms with Gasteiger partial charge in [0.2, 0.25) is 0 Å². The van der Waals surface area contributed by atoms with E-state index in [1.54, 1.807) is 12.8 Å². The molecule has 0 bridgehead atoms. The summed E-state index contributed by atoms with van der Waals surface area (Å²) in [6, 6.07) is 0. The molecule has 2 rings (SSSR count). The lowest BCUT2D eigenvalue weighted by Crippen LogP contribution is -1.99. The molecule has 0 amide bonds. The zero-order chi connectivity index (χ0) is 7.14. The lowest BCUT2D eigenvalue weighted by Gasteiger charge is -2.10. The van der Waals surface area contributed by atoms with Crippen LogP contribution in [0, 0.1) is 23.7 Å². The van der Waals surface area contributed by atoms with Crippen LogP contribution in [-0.4, -0.2) is 0 Å². The molecule has 0 N–H and O–H groups in total. The summed E-state index contributed by atoms with van der Waals surface area (Å²) in [7, 11) is 0. The average molecular weight is 138 g/mol. The summed E-state index contributed by atoms with van der Waals surface area (Å²) < 4.78 is 0. The molecule has 2 aliphatic rings. The molecule has 0 heterocycles. The van der Waals surface area contributed by atoms with Crippen molar-refractivity contribution in [1.82, 2.24) is 0 Å². The molecular formula is C10H18. The van der Waals surface area contributed by atoms with Crippen LogP contribution in [-0.2, 0) is 0 Å². The van der Waals surface area contributed by atoms with Gasteiger partial charge in [-0.2, -0.15) is 0 Å². The summed E-state index contributed by atoms with van der Waals surface area (Å²) in [5.74, 6) is 4.56. The molecule has 2 fully saturated rings. The van der Waals surface area contributed by atoms with Crippen molar-refractivity contribution in [2.75, 3.05) is 0 Å². The Hall–Kier alpha value is 0. The average Bonchev–Trinajstić information content (AvgIpc) is 2.42. The summed E-state index contributed by atoms with van der Waals surface area (Å²) in [5, 5.41) is 0. The third-order valence-electron chi connectivity index (χ3n) is 3.71. The summed E-state index contributed by atoms with van der Waals surface area (Å²) in [4.78, 5) is 0. The predicted molar refractivity (Wildman–Crippen MR) is 43.8 cm³/mol. The molecule has 2 saturated carbocycles. The molecule has 0 aromatic rings. The van der Waals surface area contributed by atoms with E-state index >= 15 is 0 Å². The summed E-state index contributed by atoms with van der Waals surface area (Å²) in [6.07, 6.45) is 6.01. The highest BCUT2D eigenvalue weighted by atomic mass is 14.6. The summed E-state index contributed by atoms with van der Waals surface area (Å²) in [6.45, 7) is 4.76. The molecule has 2 aliphatic carbocycles. The Morgan fingerprint density at radius 1 is 1.30 bits per heavy atom. The van der Waals surface area contributed by atoms with Crippen LogP contribution in [0.25, 0.3) is 0 Å². The first-order valence-electron chi connectivity index (χ1n) is 4.84. The van der Waals surface area contributed by atoms with Gasteiger partial charge in [0, 0.05) is 0 Å². The van der Waals surface area contributed by atoms with Crippen molar-refractivity contribution in [2.24, 2.45) is 23.7 Å². The molecule has 58 valence electrons. The fourth-order valence-electron chi connectivity index (χ4n) is 3.12. The first kappa shape index (κ1) is 6.69. The van der Waals surface area contributed by atoms with Crippen LogP contribution in [0.4, 0.5) is 0 Å². The maximum atomic E-state index is 2.44. The van der Waals surface area contributed by atoms with Crippen LogP contribution < -0.4 is 0 Å². The fraction of sp³-hybridized carbons (Fsp3) is 1.00. The maximum Gasteiger partial charge on any atom is -0.0326 e. The van der Waals surface area contributed by atoms with Gasteiger partial charge in [0.05, 0.1) is 0 Å². The molecule has 0 aromatic carbocycles. The second kappa shape index (κ2) is 2.25. The Morgan fingerprint density at radius 3 is 2.60 bits per heavy atom. The van der Waals surface area contributed by atoms with Crippen LogP contribution >= 0.6 is 0 Å². The van der Waals surface area contributed by atoms with Crippen molar-refractivity contribution in [1.29, 1.82) is 0 Å². The third-order valence-corrected chi connectivity index (χ3v) is 3.71. The Bertz CT molecular complexity index is 128. The normalized spacial score (nSPS) is 51.0. The second-order valence-corrected chi connectivity index (χ2v) is 4.23. The van der Waals surface area contributed by atoms with E-state index in [1.807, 2.05) is 0 Å². The minimum absolute atomic E-state index is 1.10. The van der Waals surface area contributed by atoms with Gasteiger partial charge in [0.15, 0.2) is 0 Å². The fourth-order valence-corrected chi connectivity index (χ4v) is 3.12. The molecule has 4 unspecified atom stereocenters. The highest BCUT2D eigenvalue weighted by Gasteiger charge is 2.54. The van der Waals surface area contributed by atoms with E-state index in [0.29, 0.717) is 0 Å². The van der Waals surface area contributed by atoms with Crippen molar-refractivity contribution < 1.29 is 0 Å². The van der Waals surface area contributed by atoms with Crippen molar-refractivity contribution in [3.63, 3.8) is 0 Å². The maximum absolute atomic E-state index is 2.44. The van der Waals surface area contributed by atoms with Gasteiger partial charge in [-0.1, -0.05) is 26.7 Å². The molecular weight excluding hydrogens is 120 g/mol. The standard InChI is InChI=1S/C10H18/c1-3-4-8-5-6-9-7(2)10(8)9/h7-10H,3-6H2,1-2H3. The molecule has 0 aliphatic heterocycles. The smallest absolute Gasteiger partial charge is 0.0326 e. The van der Waals surface area contributed by atoms with E-state index < -0.39 is 0 Å². The largest absolute Gasteiger partial charge is 0.0654 e. The first-order valence-corrected chi connectivity index (χ1v) is 4.84. The first-order chi connectivity index (χ1) is 4.84. The van der Waals surface area contributed by atoms with Crippen LogP contribution in [0.2, 0.25) is 0 Å². The zero-order valence-corrected chi connectivity index (χ0v) is 7.14. The predicted octanol–water partition coefficient (Wildman–Crippen LogP) is 3.08. The summed E-state index contributed by atoms with van der Waals surface area (Å²) in [5.41, 5.74) is 0. The highest BCUT2D eigenvalue weighted by molar-refractivity contribution is 5.02. The van der Waals surface area contributed by atoms with Gasteiger partial charge in [-0.3, -0.25) is 0 Å². The lowest BCUT2D eigenvalue weighted by molar-refractivity contribution is 0.410. The molecule has 4 atom stereocenters. The van der Waals surface area contributed by atoms with Gasteiger partial charge in [-0.15, -0.1) is 0 Å². The van der Waals surface area contributed by atoms with E-state index in [2.05, 4.69) is 13.8 Å². The van der Waals surface area contributed by atoms with E-state index in [1.165, 1.54) is 18.8 Å². The van der Waals surface area contributed by atoms with E-state index in [9.17, 15) is 0 Å². The van der Waals surface area contributed by atoms with Crippen molar-refractivity contribution in [3.8, 4) is 0 Å². The van der Waals surface area contributed by atoms with Crippen LogP contribution in [0.15, 0.2) is 0 Å². The Kier molecular flexibility index (Phi) is 1.51. The van der Waals surface area contributed by atoms with Crippen LogP contribution in [0.5, 0.6) is 0 Å². The topological polar surface area (TPSA) is 0 Å². The van der Waals surface area contributed by atoms with Crippen molar-refractivity contribution in [3.05, 3.63) is 0 Å². The van der Waals surface area contributed by atoms with Gasteiger partial charge < -0.3 is 0 Å². The van der Waals surface area contributed by atoms with E-state index in [0.717, 1.165) is 17.8 Å². The molecule has 0 spiro atoms. The minimum atomic E-state index is 1.10. The van der Waals surface area contributed by atoms with Gasteiger partial charge in [-0.05, 0) is 36.5 Å². The number of hydrogen-bond donors (Lipinski definition) is 0. The van der Waals surface area contributed by atoms with Gasteiger partial charge in [0.1, 0.15) is 0 Å². The van der Waals surface area contributed by atoms with E-state index in [4.69, 9.17) is 0 Å². The highest BCUT2D eigenvalue weighted by Crippen LogP contribution is 2.61. The van der Waals surface area contributed by atoms with Crippen molar-refractivity contribution in [2.45, 2.75) is 39.5 Å². The second-order valence-electron chi connectivity index (χ2n) is 4.23. The van der Waals surface area contributed by atoms with Crippen molar-refractivity contribution >= 4 is 0 Å². The summed E-state index contributed by atoms with van der Waals surface area (Å²) >= 11 is 0. The monoisotopic (exact) mass is 138 g/mol. The van der Waals surface area contributed by atoms with Gasteiger partial charge >= 0.3 is 0 Å². The van der Waals surface area contributed by atoms with Gasteiger partial charge in [0.25, 0.3) is 0 Å². The molecule has 0 aromatic heterocycles. The zero-order valence-electron chi connectivity index (χ0n) is 7.14. The SMILES string of the molecule is CCCC1CCC2C(C)C12. The molecule has 0 saturated heterocycles. The van der Waals surface area contributed by atoms with E-state index in [-0.39, 0.29) is 0 Å². The lowest BCUT2D eigenvalue weighted by atomic mass is 9.96. The van der Waals surface area contributed by atoms with Crippen LogP contribution in [0.3, 0.4) is 0 Å². The Balaban J connectivity index is 1.88. The third kappa shape index (κ3) is 0.810. The number of fused-ring (bicyclic) bond motifs is 1. The minimum Gasteiger partial charge on any atom is -0.0654 e. The number of rotatable bonds is 2. The molecule has 0 nitrogen and oxygen atoms in total. The number of hydrogen-bond acceptors (Lipinski definition) is 0. The quantitative estimate of drug-likeness (QED) is 0.550. The van der Waals surface area contributed by atoms with Crippen LogP contribution in [0.1, 0.15) is 39.5 Å². The molecule has 10 heavy (non-hydrogen) atoms. The Morgan fingerprint density at radius 2 is 2.10 bits per heavy atom.